The third-order valence-corrected chi connectivity index (χ3v) is 5.39. The quantitative estimate of drug-likeness (QED) is 0.278. The van der Waals surface area contributed by atoms with Crippen LogP contribution in [0, 0.1) is 12.7 Å². The number of hydrogen-bond acceptors (Lipinski definition) is 8. The molecule has 0 bridgehead atoms. The maximum Gasteiger partial charge on any atom is 0.190 e. The second-order valence-corrected chi connectivity index (χ2v) is 7.85. The number of aryl methyl sites for hydroxylation is 2. The normalized spacial score (nSPS) is 10.9. The Morgan fingerprint density at radius 3 is 2.41 bits per heavy atom. The molecule has 11 heteroatoms. The summed E-state index contributed by atoms with van der Waals surface area (Å²) >= 11 is 0. The second-order valence-electron chi connectivity index (χ2n) is 7.85. The fourth-order valence-corrected chi connectivity index (χ4v) is 3.69. The lowest BCUT2D eigenvalue weighted by Gasteiger charge is -2.12. The first-order valence-electron chi connectivity index (χ1n) is 12.7. The molecule has 10 nitrogen and oxygen atoms in total. The molecule has 1 aromatic carbocycles. The van der Waals surface area contributed by atoms with Crippen LogP contribution in [0.15, 0.2) is 58.4 Å². The SMILES string of the molecule is CC.CC.COc1cc(N=c2ccc3ncc(-c4cnn(C)c4)nc3n2Cc2cc(C)on2)c(F)c(OC)c1. The van der Waals surface area contributed by atoms with E-state index >= 15 is 4.39 Å². The molecule has 0 unspecified atom stereocenters. The van der Waals surface area contributed by atoms with Crippen LogP contribution < -0.4 is 15.0 Å². The van der Waals surface area contributed by atoms with Crippen molar-refractivity contribution < 1.29 is 18.4 Å². The largest absolute Gasteiger partial charge is 0.497 e. The highest BCUT2D eigenvalue weighted by Gasteiger charge is 2.14. The molecule has 0 N–H and O–H groups in total. The molecule has 0 saturated carbocycles. The average molecular weight is 536 g/mol. The predicted octanol–water partition coefficient (Wildman–Crippen LogP) is 5.62. The summed E-state index contributed by atoms with van der Waals surface area (Å²) in [5, 5.41) is 8.33. The van der Waals surface area contributed by atoms with Crippen molar-refractivity contribution in [1.29, 1.82) is 0 Å². The third-order valence-electron chi connectivity index (χ3n) is 5.39. The Hall–Kier alpha value is -4.54. The van der Waals surface area contributed by atoms with Crippen molar-refractivity contribution in [2.75, 3.05) is 14.2 Å². The van der Waals surface area contributed by atoms with Gasteiger partial charge in [0.1, 0.15) is 33.9 Å². The second kappa shape index (κ2) is 13.3. The van der Waals surface area contributed by atoms with Crippen LogP contribution >= 0.6 is 0 Å². The van der Waals surface area contributed by atoms with Crippen LogP contribution in [0.4, 0.5) is 10.1 Å². The molecule has 0 radical (unpaired) electrons. The molecule has 0 aliphatic carbocycles. The van der Waals surface area contributed by atoms with E-state index in [2.05, 4.69) is 20.2 Å². The van der Waals surface area contributed by atoms with E-state index in [4.69, 9.17) is 19.0 Å². The number of nitrogens with zero attached hydrogens (tertiary/aromatic N) is 7. The van der Waals surface area contributed by atoms with Crippen LogP contribution in [-0.4, -0.2) is 43.7 Å². The van der Waals surface area contributed by atoms with Crippen molar-refractivity contribution in [2.45, 2.75) is 41.2 Å². The zero-order valence-electron chi connectivity index (χ0n) is 23.6. The van der Waals surface area contributed by atoms with Gasteiger partial charge in [0, 0.05) is 37.0 Å². The molecule has 4 heterocycles. The molecular formula is C28H34FN7O3. The van der Waals surface area contributed by atoms with Gasteiger partial charge in [-0.2, -0.15) is 5.10 Å². The molecule has 39 heavy (non-hydrogen) atoms. The first-order chi connectivity index (χ1) is 18.9. The Labute approximate surface area is 226 Å². The van der Waals surface area contributed by atoms with E-state index in [9.17, 15) is 0 Å². The summed E-state index contributed by atoms with van der Waals surface area (Å²) in [6, 6.07) is 8.33. The van der Waals surface area contributed by atoms with Gasteiger partial charge in [-0.05, 0) is 19.1 Å². The van der Waals surface area contributed by atoms with Crippen LogP contribution in [0.25, 0.3) is 22.4 Å². The van der Waals surface area contributed by atoms with E-state index in [-0.39, 0.29) is 18.0 Å². The minimum atomic E-state index is -0.604. The number of aromatic nitrogens is 6. The van der Waals surface area contributed by atoms with Gasteiger partial charge in [-0.15, -0.1) is 0 Å². The minimum absolute atomic E-state index is 0.0289. The number of methoxy groups -OCH3 is 2. The molecule has 0 aliphatic heterocycles. The number of benzene rings is 1. The van der Waals surface area contributed by atoms with Gasteiger partial charge < -0.3 is 18.6 Å². The van der Waals surface area contributed by atoms with E-state index in [0.29, 0.717) is 39.5 Å². The lowest BCUT2D eigenvalue weighted by Crippen LogP contribution is -2.23. The summed E-state index contributed by atoms with van der Waals surface area (Å²) in [4.78, 5) is 14.0. The van der Waals surface area contributed by atoms with Gasteiger partial charge in [0.05, 0.1) is 38.9 Å². The fourth-order valence-electron chi connectivity index (χ4n) is 3.69. The van der Waals surface area contributed by atoms with Gasteiger partial charge in [-0.25, -0.2) is 14.4 Å². The Morgan fingerprint density at radius 1 is 1.03 bits per heavy atom. The van der Waals surface area contributed by atoms with Crippen molar-refractivity contribution in [1.82, 2.24) is 29.5 Å². The number of hydrogen-bond donors (Lipinski definition) is 0. The molecule has 0 fully saturated rings. The van der Waals surface area contributed by atoms with Crippen LogP contribution in [0.1, 0.15) is 39.1 Å². The summed E-state index contributed by atoms with van der Waals surface area (Å²) in [5.74, 6) is 0.513. The summed E-state index contributed by atoms with van der Waals surface area (Å²) < 4.78 is 34.3. The molecule has 5 aromatic rings. The van der Waals surface area contributed by atoms with Gasteiger partial charge in [-0.3, -0.25) is 9.67 Å². The van der Waals surface area contributed by atoms with Crippen molar-refractivity contribution in [2.24, 2.45) is 12.0 Å². The molecular weight excluding hydrogens is 501 g/mol. The fraction of sp³-hybridized carbons (Fsp3) is 0.321. The summed E-state index contributed by atoms with van der Waals surface area (Å²) in [6.07, 6.45) is 5.26. The van der Waals surface area contributed by atoms with Crippen LogP contribution in [-0.2, 0) is 13.6 Å². The van der Waals surface area contributed by atoms with Gasteiger partial charge in [0.25, 0.3) is 0 Å². The Kier molecular flexibility index (Phi) is 9.91. The number of fused-ring (bicyclic) bond motifs is 1. The standard InChI is InChI=1S/C24H22FN7O3.2C2H6/c1-14-7-16(30-35-14)13-32-22(28-19-8-17(33-3)9-21(34-4)23(19)25)6-5-18-24(32)29-20(11-26-18)15-10-27-31(2)12-15;2*1-2/h5-12H,13H2,1-4H3;2*1-2H3. The molecule has 5 rings (SSSR count). The molecule has 0 spiro atoms. The number of ether oxygens (including phenoxy) is 2. The first kappa shape index (κ1) is 29.0. The average Bonchev–Trinajstić information content (AvgIpc) is 3.60. The van der Waals surface area contributed by atoms with E-state index in [0.717, 1.165) is 5.56 Å². The van der Waals surface area contributed by atoms with Gasteiger partial charge in [0.2, 0.25) is 0 Å². The highest BCUT2D eigenvalue weighted by molar-refractivity contribution is 5.73. The van der Waals surface area contributed by atoms with Crippen molar-refractivity contribution in [3.63, 3.8) is 0 Å². The number of rotatable bonds is 6. The maximum absolute atomic E-state index is 15.1. The summed E-state index contributed by atoms with van der Waals surface area (Å²) in [7, 11) is 4.72. The zero-order chi connectivity index (χ0) is 28.5. The third kappa shape index (κ3) is 6.49. The minimum Gasteiger partial charge on any atom is -0.497 e. The Balaban J connectivity index is 0.00000100. The first-order valence-corrected chi connectivity index (χ1v) is 12.7. The molecule has 0 aliphatic rings. The molecule has 0 amide bonds. The topological polar surface area (TPSA) is 105 Å². The van der Waals surface area contributed by atoms with E-state index in [1.54, 1.807) is 29.2 Å². The Morgan fingerprint density at radius 2 is 1.79 bits per heavy atom. The predicted molar refractivity (Wildman–Crippen MR) is 147 cm³/mol. The maximum atomic E-state index is 15.1. The smallest absolute Gasteiger partial charge is 0.190 e. The lowest BCUT2D eigenvalue weighted by molar-refractivity contribution is 0.374. The van der Waals surface area contributed by atoms with Crippen molar-refractivity contribution in [3.05, 3.63) is 71.7 Å². The number of pyridine rings is 1. The van der Waals surface area contributed by atoms with Crippen molar-refractivity contribution >= 4 is 16.9 Å². The van der Waals surface area contributed by atoms with Gasteiger partial charge in [0.15, 0.2) is 17.2 Å². The van der Waals surface area contributed by atoms with E-state index in [1.165, 1.54) is 26.4 Å². The number of halogens is 1. The van der Waals surface area contributed by atoms with Crippen molar-refractivity contribution in [3.8, 4) is 22.8 Å². The monoisotopic (exact) mass is 535 g/mol. The Bertz CT molecular complexity index is 1600. The zero-order valence-corrected chi connectivity index (χ0v) is 23.6. The van der Waals surface area contributed by atoms with Crippen LogP contribution in [0.3, 0.4) is 0 Å². The molecule has 206 valence electrons. The molecule has 0 saturated heterocycles. The molecule has 0 atom stereocenters. The van der Waals surface area contributed by atoms with Gasteiger partial charge in [-0.1, -0.05) is 32.9 Å². The lowest BCUT2D eigenvalue weighted by atomic mass is 10.2. The van der Waals surface area contributed by atoms with Gasteiger partial charge >= 0.3 is 0 Å². The van der Waals surface area contributed by atoms with Crippen LogP contribution in [0.5, 0.6) is 11.5 Å². The highest BCUT2D eigenvalue weighted by Crippen LogP contribution is 2.32. The van der Waals surface area contributed by atoms with Crippen LogP contribution in [0.2, 0.25) is 0 Å². The summed E-state index contributed by atoms with van der Waals surface area (Å²) in [5.41, 5.74) is 3.79. The van der Waals surface area contributed by atoms with E-state index < -0.39 is 5.82 Å². The summed E-state index contributed by atoms with van der Waals surface area (Å²) in [6.45, 7) is 10.1. The van der Waals surface area contributed by atoms with E-state index in [1.807, 2.05) is 58.5 Å². The highest BCUT2D eigenvalue weighted by atomic mass is 19.1. The molecule has 4 aromatic heterocycles.